The van der Waals surface area contributed by atoms with Gasteiger partial charge >= 0.3 is 0 Å². The molecule has 0 aliphatic heterocycles. The third-order valence-electron chi connectivity index (χ3n) is 2.55. The Kier molecular flexibility index (Phi) is 4.41. The second-order valence-electron chi connectivity index (χ2n) is 3.88. The summed E-state index contributed by atoms with van der Waals surface area (Å²) in [5, 5.41) is 12.1. The van der Waals surface area contributed by atoms with Crippen molar-refractivity contribution in [1.82, 2.24) is 10.2 Å². The molecule has 0 spiro atoms. The van der Waals surface area contributed by atoms with Gasteiger partial charge in [-0.25, -0.2) is 0 Å². The van der Waals surface area contributed by atoms with Gasteiger partial charge in [0.25, 0.3) is 5.91 Å². The zero-order valence-electron chi connectivity index (χ0n) is 10.9. The lowest BCUT2D eigenvalue weighted by atomic mass is 10.1. The van der Waals surface area contributed by atoms with Crippen LogP contribution in [0, 0.1) is 0 Å². The van der Waals surface area contributed by atoms with Crippen LogP contribution < -0.4 is 15.8 Å². The number of rotatable bonds is 4. The highest BCUT2D eigenvalue weighted by Gasteiger charge is 2.16. The number of ether oxygens (including phenoxy) is 1. The lowest BCUT2D eigenvalue weighted by Gasteiger charge is -2.09. The summed E-state index contributed by atoms with van der Waals surface area (Å²) in [4.78, 5) is 12.2. The molecule has 2 rings (SSSR count). The van der Waals surface area contributed by atoms with Crippen LogP contribution in [0.5, 0.6) is 5.75 Å². The number of carbonyl (C=O) groups excluding carboxylic acids is 1. The van der Waals surface area contributed by atoms with Gasteiger partial charge in [-0.15, -0.1) is 10.2 Å². The zero-order valence-corrected chi connectivity index (χ0v) is 12.5. The van der Waals surface area contributed by atoms with Gasteiger partial charge in [-0.1, -0.05) is 29.9 Å². The molecule has 0 saturated carbocycles. The summed E-state index contributed by atoms with van der Waals surface area (Å²) in [6.45, 7) is 1.97. The van der Waals surface area contributed by atoms with E-state index in [0.29, 0.717) is 27.2 Å². The van der Waals surface area contributed by atoms with E-state index in [1.807, 2.05) is 6.92 Å². The molecule has 1 aromatic carbocycles. The molecular weight excluding hydrogens is 300 g/mol. The van der Waals surface area contributed by atoms with Crippen molar-refractivity contribution in [3.05, 3.63) is 27.7 Å². The van der Waals surface area contributed by atoms with Gasteiger partial charge in [0.2, 0.25) is 5.13 Å². The minimum atomic E-state index is -0.373. The van der Waals surface area contributed by atoms with Crippen LogP contribution in [0.25, 0.3) is 0 Å². The van der Waals surface area contributed by atoms with Crippen molar-refractivity contribution < 1.29 is 9.53 Å². The first-order valence-corrected chi connectivity index (χ1v) is 7.01. The standard InChI is InChI=1S/C12H13ClN4O2S/c1-3-10-16-17-12(20-10)15-11(18)6-4-7(13)8(14)5-9(6)19-2/h4-5H,3,14H2,1-2H3,(H,15,17,18). The molecular formula is C12H13ClN4O2S. The van der Waals surface area contributed by atoms with E-state index in [1.54, 1.807) is 0 Å². The first kappa shape index (κ1) is 14.5. The lowest BCUT2D eigenvalue weighted by molar-refractivity contribution is 0.102. The van der Waals surface area contributed by atoms with Gasteiger partial charge in [0, 0.05) is 6.07 Å². The zero-order chi connectivity index (χ0) is 14.7. The van der Waals surface area contributed by atoms with Crippen LogP contribution in [-0.4, -0.2) is 23.2 Å². The molecule has 6 nitrogen and oxygen atoms in total. The van der Waals surface area contributed by atoms with E-state index < -0.39 is 0 Å². The molecule has 1 aromatic heterocycles. The van der Waals surface area contributed by atoms with E-state index in [0.717, 1.165) is 11.4 Å². The molecule has 0 aliphatic rings. The van der Waals surface area contributed by atoms with Crippen molar-refractivity contribution in [1.29, 1.82) is 0 Å². The molecule has 1 amide bonds. The summed E-state index contributed by atoms with van der Waals surface area (Å²) in [7, 11) is 1.46. The van der Waals surface area contributed by atoms with E-state index in [9.17, 15) is 4.79 Å². The Labute approximate surface area is 124 Å². The lowest BCUT2D eigenvalue weighted by Crippen LogP contribution is -2.13. The van der Waals surface area contributed by atoms with Crippen molar-refractivity contribution >= 4 is 39.7 Å². The maximum Gasteiger partial charge on any atom is 0.261 e. The normalized spacial score (nSPS) is 10.3. The Hall–Kier alpha value is -1.86. The monoisotopic (exact) mass is 312 g/mol. The molecule has 0 aliphatic carbocycles. The van der Waals surface area contributed by atoms with Gasteiger partial charge < -0.3 is 10.5 Å². The number of halogens is 1. The number of nitrogens with one attached hydrogen (secondary N) is 1. The number of nitrogens with zero attached hydrogens (tertiary/aromatic N) is 2. The van der Waals surface area contributed by atoms with Gasteiger partial charge in [0.05, 0.1) is 23.4 Å². The maximum absolute atomic E-state index is 12.2. The molecule has 1 heterocycles. The van der Waals surface area contributed by atoms with E-state index in [-0.39, 0.29) is 5.91 Å². The fraction of sp³-hybridized carbons (Fsp3) is 0.250. The average Bonchev–Trinajstić information content (AvgIpc) is 2.88. The number of nitrogen functional groups attached to an aromatic ring is 1. The number of aryl methyl sites for hydroxylation is 1. The second-order valence-corrected chi connectivity index (χ2v) is 5.35. The summed E-state index contributed by atoms with van der Waals surface area (Å²) in [5.41, 5.74) is 6.32. The van der Waals surface area contributed by atoms with E-state index in [2.05, 4.69) is 15.5 Å². The summed E-state index contributed by atoms with van der Waals surface area (Å²) in [6.07, 6.45) is 0.768. The van der Waals surface area contributed by atoms with Crippen molar-refractivity contribution in [2.45, 2.75) is 13.3 Å². The van der Waals surface area contributed by atoms with Gasteiger partial charge in [-0.05, 0) is 12.5 Å². The molecule has 0 saturated heterocycles. The van der Waals surface area contributed by atoms with E-state index in [4.69, 9.17) is 22.1 Å². The first-order chi connectivity index (χ1) is 9.55. The third-order valence-corrected chi connectivity index (χ3v) is 3.86. The number of amides is 1. The number of methoxy groups -OCH3 is 1. The van der Waals surface area contributed by atoms with Crippen molar-refractivity contribution in [2.75, 3.05) is 18.2 Å². The summed E-state index contributed by atoms with van der Waals surface area (Å²) >= 11 is 7.25. The third kappa shape index (κ3) is 3.00. The van der Waals surface area contributed by atoms with Crippen LogP contribution in [0.3, 0.4) is 0 Å². The number of aromatic nitrogens is 2. The highest BCUT2D eigenvalue weighted by atomic mass is 35.5. The number of hydrogen-bond donors (Lipinski definition) is 2. The molecule has 0 radical (unpaired) electrons. The van der Waals surface area contributed by atoms with Gasteiger partial charge in [-0.2, -0.15) is 0 Å². The number of benzene rings is 1. The summed E-state index contributed by atoms with van der Waals surface area (Å²) in [5.74, 6) is -0.0211. The van der Waals surface area contributed by atoms with Crippen LogP contribution >= 0.6 is 22.9 Å². The molecule has 106 valence electrons. The van der Waals surface area contributed by atoms with Crippen molar-refractivity contribution in [3.63, 3.8) is 0 Å². The number of carbonyl (C=O) groups is 1. The Morgan fingerprint density at radius 2 is 2.25 bits per heavy atom. The topological polar surface area (TPSA) is 90.1 Å². The Bertz CT molecular complexity index is 644. The van der Waals surface area contributed by atoms with Gasteiger partial charge in [0.1, 0.15) is 10.8 Å². The second kappa shape index (κ2) is 6.06. The smallest absolute Gasteiger partial charge is 0.261 e. The SMILES string of the molecule is CCc1nnc(NC(=O)c2cc(Cl)c(N)cc2OC)s1. The fourth-order valence-electron chi connectivity index (χ4n) is 1.53. The molecule has 8 heteroatoms. The van der Waals surface area contributed by atoms with Crippen molar-refractivity contribution in [3.8, 4) is 5.75 Å². The Morgan fingerprint density at radius 1 is 1.50 bits per heavy atom. The van der Waals surface area contributed by atoms with Gasteiger partial charge in [-0.3, -0.25) is 10.1 Å². The highest BCUT2D eigenvalue weighted by molar-refractivity contribution is 7.15. The predicted molar refractivity (Wildman–Crippen MR) is 79.7 cm³/mol. The highest BCUT2D eigenvalue weighted by Crippen LogP contribution is 2.29. The van der Waals surface area contributed by atoms with Crippen LogP contribution in [0.15, 0.2) is 12.1 Å². The molecule has 0 atom stereocenters. The summed E-state index contributed by atoms with van der Waals surface area (Å²) in [6, 6.07) is 2.97. The van der Waals surface area contributed by atoms with E-state index in [1.165, 1.54) is 30.6 Å². The maximum atomic E-state index is 12.2. The largest absolute Gasteiger partial charge is 0.496 e. The van der Waals surface area contributed by atoms with Crippen LogP contribution in [0.1, 0.15) is 22.3 Å². The van der Waals surface area contributed by atoms with Gasteiger partial charge in [0.15, 0.2) is 0 Å². The summed E-state index contributed by atoms with van der Waals surface area (Å²) < 4.78 is 5.13. The quantitative estimate of drug-likeness (QED) is 0.847. The number of anilines is 2. The average molecular weight is 313 g/mol. The number of nitrogens with two attached hydrogens (primary N) is 1. The molecule has 2 aromatic rings. The van der Waals surface area contributed by atoms with Crippen LogP contribution in [0.4, 0.5) is 10.8 Å². The predicted octanol–water partition coefficient (Wildman–Crippen LogP) is 2.60. The molecule has 20 heavy (non-hydrogen) atoms. The molecule has 0 bridgehead atoms. The molecule has 0 unspecified atom stereocenters. The Morgan fingerprint density at radius 3 is 2.85 bits per heavy atom. The minimum absolute atomic E-state index is 0.292. The van der Waals surface area contributed by atoms with E-state index >= 15 is 0 Å². The Balaban J connectivity index is 2.26. The molecule has 3 N–H and O–H groups in total. The first-order valence-electron chi connectivity index (χ1n) is 5.81. The molecule has 0 fully saturated rings. The fourth-order valence-corrected chi connectivity index (χ4v) is 2.37. The number of hydrogen-bond acceptors (Lipinski definition) is 6. The van der Waals surface area contributed by atoms with Crippen molar-refractivity contribution in [2.24, 2.45) is 0 Å². The van der Waals surface area contributed by atoms with Crippen LogP contribution in [0.2, 0.25) is 5.02 Å². The van der Waals surface area contributed by atoms with Crippen LogP contribution in [-0.2, 0) is 6.42 Å². The minimum Gasteiger partial charge on any atom is -0.496 e.